The molecule has 0 saturated carbocycles. The van der Waals surface area contributed by atoms with Crippen LogP contribution >= 0.6 is 15.9 Å². The monoisotopic (exact) mass is 341 g/mol. The van der Waals surface area contributed by atoms with Crippen molar-refractivity contribution in [2.75, 3.05) is 6.54 Å². The molecule has 1 N–H and O–H groups in total. The third-order valence-electron chi connectivity index (χ3n) is 3.54. The number of hydrogen-bond donors (Lipinski definition) is 1. The maximum Gasteiger partial charge on any atom is 0.0738 e. The summed E-state index contributed by atoms with van der Waals surface area (Å²) in [6, 6.07) is 0. The molecule has 0 spiro atoms. The Hall–Kier alpha value is -0.610. The van der Waals surface area contributed by atoms with E-state index < -0.39 is 0 Å². The summed E-state index contributed by atoms with van der Waals surface area (Å²) in [4.78, 5) is 0. The van der Waals surface area contributed by atoms with Crippen molar-refractivity contribution in [3.05, 3.63) is 28.5 Å². The maximum atomic E-state index is 4.57. The van der Waals surface area contributed by atoms with E-state index in [0.29, 0.717) is 0 Å². The molecular formula is C16H28BrN3. The maximum absolute atomic E-state index is 4.57. The molecule has 0 saturated heterocycles. The summed E-state index contributed by atoms with van der Waals surface area (Å²) in [5.74, 6) is 0. The smallest absolute Gasteiger partial charge is 0.0738 e. The number of hydrogen-bond acceptors (Lipinski definition) is 2. The Kier molecular flexibility index (Phi) is 5.61. The number of nitrogens with one attached hydrogen (secondary N) is 1. The van der Waals surface area contributed by atoms with Gasteiger partial charge in [0.2, 0.25) is 0 Å². The molecule has 0 bridgehead atoms. The molecule has 0 aliphatic heterocycles. The van der Waals surface area contributed by atoms with Crippen molar-refractivity contribution in [1.82, 2.24) is 15.1 Å². The van der Waals surface area contributed by atoms with Crippen molar-refractivity contribution in [3.63, 3.8) is 0 Å². The predicted molar refractivity (Wildman–Crippen MR) is 90.1 cm³/mol. The van der Waals surface area contributed by atoms with Gasteiger partial charge in [-0.2, -0.15) is 5.10 Å². The molecule has 0 aliphatic rings. The lowest BCUT2D eigenvalue weighted by atomic mass is 9.84. The van der Waals surface area contributed by atoms with E-state index in [4.69, 9.17) is 0 Å². The molecule has 1 aromatic rings. The summed E-state index contributed by atoms with van der Waals surface area (Å²) in [6.07, 6.45) is 2.98. The highest BCUT2D eigenvalue weighted by Crippen LogP contribution is 2.30. The molecule has 0 radical (unpaired) electrons. The van der Waals surface area contributed by atoms with E-state index in [9.17, 15) is 0 Å². The standard InChI is InChI=1S/C16H28BrN3/c1-8-16(7,11-18-15(4,5)6)10-13-14(17)12(3)19-20(13)9-2/h8,18H,1,9-11H2,2-7H3. The van der Waals surface area contributed by atoms with Gasteiger partial charge in [0.15, 0.2) is 0 Å². The fourth-order valence-electron chi connectivity index (χ4n) is 2.09. The first kappa shape index (κ1) is 17.4. The van der Waals surface area contributed by atoms with Gasteiger partial charge in [-0.3, -0.25) is 4.68 Å². The predicted octanol–water partition coefficient (Wildman–Crippen LogP) is 4.10. The van der Waals surface area contributed by atoms with E-state index in [-0.39, 0.29) is 11.0 Å². The molecule has 114 valence electrons. The van der Waals surface area contributed by atoms with E-state index in [2.05, 4.69) is 78.3 Å². The number of rotatable bonds is 6. The van der Waals surface area contributed by atoms with Gasteiger partial charge in [0.25, 0.3) is 0 Å². The van der Waals surface area contributed by atoms with Crippen LogP contribution in [0.3, 0.4) is 0 Å². The van der Waals surface area contributed by atoms with Crippen LogP contribution in [-0.2, 0) is 13.0 Å². The van der Waals surface area contributed by atoms with Crippen molar-refractivity contribution in [3.8, 4) is 0 Å². The summed E-state index contributed by atoms with van der Waals surface area (Å²) < 4.78 is 3.21. The molecule has 1 aromatic heterocycles. The number of aryl methyl sites for hydroxylation is 2. The molecular weight excluding hydrogens is 314 g/mol. The fourth-order valence-corrected chi connectivity index (χ4v) is 2.52. The minimum absolute atomic E-state index is 0.00912. The Morgan fingerprint density at radius 3 is 2.40 bits per heavy atom. The van der Waals surface area contributed by atoms with Crippen LogP contribution in [0.15, 0.2) is 17.1 Å². The first-order chi connectivity index (χ1) is 9.12. The summed E-state index contributed by atoms with van der Waals surface area (Å²) in [7, 11) is 0. The van der Waals surface area contributed by atoms with Crippen LogP contribution in [0, 0.1) is 12.3 Å². The van der Waals surface area contributed by atoms with Crippen molar-refractivity contribution in [1.29, 1.82) is 0 Å². The fraction of sp³-hybridized carbons (Fsp3) is 0.688. The second kappa shape index (κ2) is 6.44. The molecule has 1 heterocycles. The molecule has 0 aromatic carbocycles. The van der Waals surface area contributed by atoms with Gasteiger partial charge >= 0.3 is 0 Å². The summed E-state index contributed by atoms with van der Waals surface area (Å²) in [5.41, 5.74) is 2.43. The Balaban J connectivity index is 2.95. The lowest BCUT2D eigenvalue weighted by molar-refractivity contribution is 0.316. The number of nitrogens with zero attached hydrogens (tertiary/aromatic N) is 2. The second-order valence-corrected chi connectivity index (χ2v) is 7.59. The van der Waals surface area contributed by atoms with E-state index in [1.807, 2.05) is 6.92 Å². The topological polar surface area (TPSA) is 29.9 Å². The summed E-state index contributed by atoms with van der Waals surface area (Å²) in [6.45, 7) is 18.8. The van der Waals surface area contributed by atoms with Gasteiger partial charge in [-0.15, -0.1) is 6.58 Å². The molecule has 1 atom stereocenters. The zero-order valence-corrected chi connectivity index (χ0v) is 15.3. The van der Waals surface area contributed by atoms with Gasteiger partial charge in [0.1, 0.15) is 0 Å². The average molecular weight is 342 g/mol. The minimum atomic E-state index is 0.00912. The van der Waals surface area contributed by atoms with Gasteiger partial charge in [0.05, 0.1) is 15.9 Å². The Morgan fingerprint density at radius 2 is 1.95 bits per heavy atom. The second-order valence-electron chi connectivity index (χ2n) is 6.80. The first-order valence-corrected chi connectivity index (χ1v) is 8.01. The molecule has 0 amide bonds. The lowest BCUT2D eigenvalue weighted by Crippen LogP contribution is -2.43. The van der Waals surface area contributed by atoms with Gasteiger partial charge in [-0.25, -0.2) is 0 Å². The van der Waals surface area contributed by atoms with E-state index >= 15 is 0 Å². The molecule has 1 unspecified atom stereocenters. The summed E-state index contributed by atoms with van der Waals surface area (Å²) in [5, 5.41) is 8.15. The highest BCUT2D eigenvalue weighted by atomic mass is 79.9. The minimum Gasteiger partial charge on any atom is -0.311 e. The molecule has 0 aliphatic carbocycles. The van der Waals surface area contributed by atoms with Crippen LogP contribution in [0.2, 0.25) is 0 Å². The highest BCUT2D eigenvalue weighted by Gasteiger charge is 2.26. The van der Waals surface area contributed by atoms with Crippen LogP contribution in [0.5, 0.6) is 0 Å². The van der Waals surface area contributed by atoms with E-state index in [1.165, 1.54) is 5.69 Å². The lowest BCUT2D eigenvalue weighted by Gasteiger charge is -2.31. The van der Waals surface area contributed by atoms with E-state index in [0.717, 1.165) is 29.7 Å². The Labute approximate surface area is 132 Å². The average Bonchev–Trinajstić information content (AvgIpc) is 2.63. The molecule has 0 fully saturated rings. The Morgan fingerprint density at radius 1 is 1.35 bits per heavy atom. The SMILES string of the molecule is C=CC(C)(CNC(C)(C)C)Cc1c(Br)c(C)nn1CC. The van der Waals surface area contributed by atoms with Crippen LogP contribution in [0.1, 0.15) is 46.0 Å². The van der Waals surface area contributed by atoms with E-state index in [1.54, 1.807) is 0 Å². The van der Waals surface area contributed by atoms with Gasteiger partial charge in [0, 0.05) is 30.5 Å². The molecule has 1 rings (SSSR count). The van der Waals surface area contributed by atoms with Crippen LogP contribution in [0.25, 0.3) is 0 Å². The van der Waals surface area contributed by atoms with Crippen molar-refractivity contribution in [2.24, 2.45) is 5.41 Å². The Bertz CT molecular complexity index is 471. The quantitative estimate of drug-likeness (QED) is 0.789. The van der Waals surface area contributed by atoms with Crippen molar-refractivity contribution < 1.29 is 0 Å². The van der Waals surface area contributed by atoms with Gasteiger partial charge in [-0.1, -0.05) is 13.0 Å². The zero-order valence-electron chi connectivity index (χ0n) is 13.7. The highest BCUT2D eigenvalue weighted by molar-refractivity contribution is 9.10. The summed E-state index contributed by atoms with van der Waals surface area (Å²) >= 11 is 3.68. The largest absolute Gasteiger partial charge is 0.311 e. The third kappa shape index (κ3) is 4.45. The number of aromatic nitrogens is 2. The van der Waals surface area contributed by atoms with Gasteiger partial charge < -0.3 is 5.32 Å². The normalized spacial score (nSPS) is 15.2. The third-order valence-corrected chi connectivity index (χ3v) is 4.57. The molecule has 20 heavy (non-hydrogen) atoms. The van der Waals surface area contributed by atoms with Crippen LogP contribution < -0.4 is 5.32 Å². The van der Waals surface area contributed by atoms with Crippen LogP contribution in [-0.4, -0.2) is 21.9 Å². The van der Waals surface area contributed by atoms with Gasteiger partial charge in [-0.05, 0) is 50.5 Å². The van der Waals surface area contributed by atoms with Crippen molar-refractivity contribution >= 4 is 15.9 Å². The molecule has 4 heteroatoms. The van der Waals surface area contributed by atoms with Crippen molar-refractivity contribution in [2.45, 2.75) is 60.0 Å². The number of halogens is 1. The first-order valence-electron chi connectivity index (χ1n) is 7.22. The van der Waals surface area contributed by atoms with Crippen LogP contribution in [0.4, 0.5) is 0 Å². The molecule has 3 nitrogen and oxygen atoms in total. The zero-order chi connectivity index (χ0) is 15.6.